The molecule has 2 heteroatoms. The summed E-state index contributed by atoms with van der Waals surface area (Å²) in [7, 11) is 0. The molecule has 90 valence electrons. The van der Waals surface area contributed by atoms with Crippen LogP contribution in [0.5, 0.6) is 0 Å². The monoisotopic (exact) mass is 228 g/mol. The number of piperidine rings is 1. The number of likely N-dealkylation sites (tertiary alicyclic amines) is 1. The molecule has 1 aliphatic heterocycles. The Morgan fingerprint density at radius 2 is 1.76 bits per heavy atom. The van der Waals surface area contributed by atoms with Crippen molar-refractivity contribution in [2.45, 2.75) is 38.3 Å². The Balaban J connectivity index is 2.17. The summed E-state index contributed by atoms with van der Waals surface area (Å²) >= 11 is 0. The van der Waals surface area contributed by atoms with Crippen LogP contribution in [0.3, 0.4) is 0 Å². The summed E-state index contributed by atoms with van der Waals surface area (Å²) in [6.45, 7) is 14.1. The highest BCUT2D eigenvalue weighted by Gasteiger charge is 2.42. The second-order valence-corrected chi connectivity index (χ2v) is 5.14. The fourth-order valence-corrected chi connectivity index (χ4v) is 2.62. The topological polar surface area (TPSA) is 7.60 Å². The Morgan fingerprint density at radius 1 is 1.18 bits per heavy atom. The molecule has 17 heavy (non-hydrogen) atoms. The lowest BCUT2D eigenvalue weighted by molar-refractivity contribution is 0.147. The van der Waals surface area contributed by atoms with Gasteiger partial charge in [0.1, 0.15) is 0 Å². The molecule has 1 fully saturated rings. The minimum absolute atomic E-state index is 0.271. The highest BCUT2D eigenvalue weighted by molar-refractivity contribution is 5.29. The van der Waals surface area contributed by atoms with Gasteiger partial charge in [0.25, 0.3) is 5.54 Å². The maximum absolute atomic E-state index is 7.56. The van der Waals surface area contributed by atoms with Crippen LogP contribution in [0.15, 0.2) is 30.3 Å². The molecule has 0 bridgehead atoms. The smallest absolute Gasteiger partial charge is 0.260 e. The van der Waals surface area contributed by atoms with Gasteiger partial charge in [-0.05, 0) is 13.8 Å². The van der Waals surface area contributed by atoms with Gasteiger partial charge in [-0.25, -0.2) is 6.57 Å². The van der Waals surface area contributed by atoms with E-state index in [1.165, 1.54) is 5.56 Å². The van der Waals surface area contributed by atoms with Crippen LogP contribution in [0.4, 0.5) is 0 Å². The average molecular weight is 228 g/mol. The zero-order valence-electron chi connectivity index (χ0n) is 10.7. The number of hydrogen-bond donors (Lipinski definition) is 0. The van der Waals surface area contributed by atoms with Crippen molar-refractivity contribution in [2.24, 2.45) is 0 Å². The minimum Gasteiger partial charge on any atom is -0.305 e. The van der Waals surface area contributed by atoms with Gasteiger partial charge < -0.3 is 9.74 Å². The van der Waals surface area contributed by atoms with Crippen molar-refractivity contribution < 1.29 is 0 Å². The molecule has 0 spiro atoms. The van der Waals surface area contributed by atoms with Gasteiger partial charge >= 0.3 is 0 Å². The Hall–Kier alpha value is -1.33. The Labute approximate surface area is 104 Å². The molecule has 1 heterocycles. The van der Waals surface area contributed by atoms with E-state index < -0.39 is 0 Å². The molecule has 1 aliphatic rings. The number of rotatable bonds is 2. The molecule has 0 radical (unpaired) electrons. The number of benzene rings is 1. The second kappa shape index (κ2) is 4.89. The summed E-state index contributed by atoms with van der Waals surface area (Å²) in [6, 6.07) is 10.9. The van der Waals surface area contributed by atoms with Crippen LogP contribution < -0.4 is 0 Å². The average Bonchev–Trinajstić information content (AvgIpc) is 2.40. The molecule has 0 saturated carbocycles. The third-order valence-corrected chi connectivity index (χ3v) is 3.88. The highest BCUT2D eigenvalue weighted by atomic mass is 15.2. The summed E-state index contributed by atoms with van der Waals surface area (Å²) in [4.78, 5) is 6.43. The van der Waals surface area contributed by atoms with E-state index >= 15 is 0 Å². The van der Waals surface area contributed by atoms with Crippen LogP contribution in [0.1, 0.15) is 32.3 Å². The molecular weight excluding hydrogens is 208 g/mol. The van der Waals surface area contributed by atoms with E-state index in [0.29, 0.717) is 6.04 Å². The molecule has 1 aromatic rings. The first kappa shape index (κ1) is 12.1. The van der Waals surface area contributed by atoms with Gasteiger partial charge in [-0.3, -0.25) is 0 Å². The minimum atomic E-state index is -0.271. The van der Waals surface area contributed by atoms with Crippen LogP contribution in [0.2, 0.25) is 0 Å². The first-order chi connectivity index (χ1) is 8.18. The Kier molecular flexibility index (Phi) is 3.49. The van der Waals surface area contributed by atoms with Crippen LogP contribution in [-0.4, -0.2) is 24.0 Å². The van der Waals surface area contributed by atoms with E-state index in [2.05, 4.69) is 35.7 Å². The first-order valence-electron chi connectivity index (χ1n) is 6.36. The third kappa shape index (κ3) is 2.35. The van der Waals surface area contributed by atoms with Crippen LogP contribution in [0.25, 0.3) is 4.85 Å². The molecule has 0 atom stereocenters. The molecular formula is C15H20N2. The predicted octanol–water partition coefficient (Wildman–Crippen LogP) is 3.31. The van der Waals surface area contributed by atoms with Gasteiger partial charge in [0.2, 0.25) is 0 Å². The number of hydrogen-bond acceptors (Lipinski definition) is 1. The quantitative estimate of drug-likeness (QED) is 0.705. The molecule has 0 N–H and O–H groups in total. The van der Waals surface area contributed by atoms with Crippen LogP contribution in [0, 0.1) is 6.57 Å². The highest BCUT2D eigenvalue weighted by Crippen LogP contribution is 2.37. The third-order valence-electron chi connectivity index (χ3n) is 3.88. The fourth-order valence-electron chi connectivity index (χ4n) is 2.62. The first-order valence-corrected chi connectivity index (χ1v) is 6.36. The van der Waals surface area contributed by atoms with Gasteiger partial charge in [0.15, 0.2) is 0 Å². The van der Waals surface area contributed by atoms with Gasteiger partial charge in [-0.15, -0.1) is 0 Å². The zero-order valence-corrected chi connectivity index (χ0v) is 10.7. The standard InChI is InChI=1S/C15H20N2/c1-13(2)17-11-9-15(16-3,10-12-17)14-7-5-4-6-8-14/h4-8,13H,9-12H2,1-2H3. The van der Waals surface area contributed by atoms with E-state index in [4.69, 9.17) is 6.57 Å². The Bertz CT molecular complexity index is 395. The Morgan fingerprint density at radius 3 is 2.24 bits per heavy atom. The second-order valence-electron chi connectivity index (χ2n) is 5.14. The molecule has 1 aromatic carbocycles. The predicted molar refractivity (Wildman–Crippen MR) is 70.7 cm³/mol. The van der Waals surface area contributed by atoms with Crippen molar-refractivity contribution in [1.29, 1.82) is 0 Å². The van der Waals surface area contributed by atoms with E-state index in [0.717, 1.165) is 25.9 Å². The van der Waals surface area contributed by atoms with Crippen molar-refractivity contribution in [2.75, 3.05) is 13.1 Å². The van der Waals surface area contributed by atoms with Gasteiger partial charge in [0.05, 0.1) is 0 Å². The van der Waals surface area contributed by atoms with Crippen molar-refractivity contribution in [3.05, 3.63) is 47.3 Å². The van der Waals surface area contributed by atoms with Gasteiger partial charge in [-0.1, -0.05) is 30.3 Å². The maximum Gasteiger partial charge on any atom is 0.260 e. The normalized spacial score (nSPS) is 20.1. The summed E-state index contributed by atoms with van der Waals surface area (Å²) < 4.78 is 0. The zero-order chi connectivity index (χ0) is 12.3. The van der Waals surface area contributed by atoms with E-state index in [-0.39, 0.29) is 5.54 Å². The molecule has 0 aliphatic carbocycles. The molecule has 2 rings (SSSR count). The largest absolute Gasteiger partial charge is 0.305 e. The summed E-state index contributed by atoms with van der Waals surface area (Å²) in [5.41, 5.74) is 0.922. The van der Waals surface area contributed by atoms with Crippen molar-refractivity contribution in [3.8, 4) is 0 Å². The molecule has 0 unspecified atom stereocenters. The fraction of sp³-hybridized carbons (Fsp3) is 0.533. The van der Waals surface area contributed by atoms with Crippen molar-refractivity contribution in [1.82, 2.24) is 4.90 Å². The maximum atomic E-state index is 7.56. The molecule has 0 aromatic heterocycles. The lowest BCUT2D eigenvalue weighted by Gasteiger charge is -2.36. The number of nitrogens with zero attached hydrogens (tertiary/aromatic N) is 2. The van der Waals surface area contributed by atoms with E-state index in [1.54, 1.807) is 0 Å². The van der Waals surface area contributed by atoms with E-state index in [9.17, 15) is 0 Å². The lowest BCUT2D eigenvalue weighted by atomic mass is 9.81. The summed E-state index contributed by atoms with van der Waals surface area (Å²) in [5, 5.41) is 0. The molecule has 1 saturated heterocycles. The van der Waals surface area contributed by atoms with Gasteiger partial charge in [-0.2, -0.15) is 0 Å². The van der Waals surface area contributed by atoms with E-state index in [1.807, 2.05) is 18.2 Å². The van der Waals surface area contributed by atoms with Crippen molar-refractivity contribution >= 4 is 0 Å². The van der Waals surface area contributed by atoms with Crippen LogP contribution >= 0.6 is 0 Å². The van der Waals surface area contributed by atoms with Crippen molar-refractivity contribution in [3.63, 3.8) is 0 Å². The lowest BCUT2D eigenvalue weighted by Crippen LogP contribution is -2.43. The molecule has 2 nitrogen and oxygen atoms in total. The molecule has 0 amide bonds. The SMILES string of the molecule is [C-]#[N+]C1(c2ccccc2)CCN(C(C)C)CC1. The van der Waals surface area contributed by atoms with Crippen LogP contribution in [-0.2, 0) is 5.54 Å². The van der Waals surface area contributed by atoms with Gasteiger partial charge in [0, 0.05) is 37.5 Å². The summed E-state index contributed by atoms with van der Waals surface area (Å²) in [5.74, 6) is 0. The summed E-state index contributed by atoms with van der Waals surface area (Å²) in [6.07, 6.45) is 1.91.